The molecule has 0 radical (unpaired) electrons. The first-order chi connectivity index (χ1) is 15.2. The molecule has 0 amide bonds. The average molecular weight is 426 g/mol. The molecular weight excluding hydrogens is 400 g/mol. The van der Waals surface area contributed by atoms with E-state index in [2.05, 4.69) is 15.1 Å². The smallest absolute Gasteiger partial charge is 0.305 e. The van der Waals surface area contributed by atoms with E-state index < -0.39 is 0 Å². The third kappa shape index (κ3) is 5.71. The van der Waals surface area contributed by atoms with Crippen molar-refractivity contribution in [3.05, 3.63) is 42.5 Å². The van der Waals surface area contributed by atoms with E-state index >= 15 is 0 Å². The SMILES string of the molecule is O=C(CCCOc1ccc(-n2nc3ccccc3n2)c(O)c1)OCCN1CCOCC1. The Morgan fingerprint density at radius 3 is 2.52 bits per heavy atom. The number of carbonyl (C=O) groups is 1. The van der Waals surface area contributed by atoms with E-state index in [0.717, 1.165) is 43.9 Å². The minimum absolute atomic E-state index is 0.0142. The highest BCUT2D eigenvalue weighted by Crippen LogP contribution is 2.26. The summed E-state index contributed by atoms with van der Waals surface area (Å²) in [5.74, 6) is 0.297. The molecule has 1 N–H and O–H groups in total. The first-order valence-electron chi connectivity index (χ1n) is 10.4. The van der Waals surface area contributed by atoms with E-state index in [1.54, 1.807) is 12.1 Å². The van der Waals surface area contributed by atoms with Gasteiger partial charge in [-0.25, -0.2) is 0 Å². The normalized spacial score (nSPS) is 14.6. The fourth-order valence-corrected chi connectivity index (χ4v) is 3.32. The van der Waals surface area contributed by atoms with Gasteiger partial charge >= 0.3 is 5.97 Å². The maximum absolute atomic E-state index is 11.8. The number of hydrogen-bond acceptors (Lipinski definition) is 8. The molecule has 1 aromatic heterocycles. The second kappa shape index (κ2) is 10.2. The number of ether oxygens (including phenoxy) is 3. The molecule has 31 heavy (non-hydrogen) atoms. The van der Waals surface area contributed by atoms with Crippen LogP contribution in [0.15, 0.2) is 42.5 Å². The summed E-state index contributed by atoms with van der Waals surface area (Å²) in [5, 5.41) is 19.1. The number of hydrogen-bond donors (Lipinski definition) is 1. The van der Waals surface area contributed by atoms with Gasteiger partial charge < -0.3 is 19.3 Å². The Bertz CT molecular complexity index is 983. The number of esters is 1. The van der Waals surface area contributed by atoms with Gasteiger partial charge in [-0.05, 0) is 30.7 Å². The lowest BCUT2D eigenvalue weighted by atomic mass is 10.3. The van der Waals surface area contributed by atoms with Crippen LogP contribution in [0.25, 0.3) is 16.7 Å². The quantitative estimate of drug-likeness (QED) is 0.411. The lowest BCUT2D eigenvalue weighted by molar-refractivity contribution is -0.144. The standard InChI is InChI=1S/C22H26N4O5/c27-21-16-17(7-8-20(21)26-23-18-4-1-2-5-19(18)24-26)30-12-3-6-22(28)31-15-11-25-9-13-29-14-10-25/h1-2,4-5,7-8,16,27H,3,6,9-15H2. The lowest BCUT2D eigenvalue weighted by Gasteiger charge is -2.26. The summed E-state index contributed by atoms with van der Waals surface area (Å²) in [7, 11) is 0. The fraction of sp³-hybridized carbons (Fsp3) is 0.409. The number of phenolic OH excluding ortho intramolecular Hbond substituents is 1. The van der Waals surface area contributed by atoms with Crippen LogP contribution in [0.2, 0.25) is 0 Å². The molecule has 0 aliphatic carbocycles. The zero-order valence-electron chi connectivity index (χ0n) is 17.3. The Balaban J connectivity index is 1.19. The van der Waals surface area contributed by atoms with Crippen LogP contribution >= 0.6 is 0 Å². The zero-order chi connectivity index (χ0) is 21.5. The predicted octanol–water partition coefficient (Wildman–Crippen LogP) is 2.16. The number of benzene rings is 2. The molecule has 2 heterocycles. The second-order valence-corrected chi connectivity index (χ2v) is 7.26. The summed E-state index contributed by atoms with van der Waals surface area (Å²) in [5.41, 5.74) is 1.96. The van der Waals surface area contributed by atoms with Crippen LogP contribution in [0.4, 0.5) is 0 Å². The molecular formula is C22H26N4O5. The van der Waals surface area contributed by atoms with E-state index in [1.165, 1.54) is 10.9 Å². The molecule has 1 aliphatic heterocycles. The molecule has 3 aromatic rings. The highest BCUT2D eigenvalue weighted by molar-refractivity contribution is 5.73. The van der Waals surface area contributed by atoms with E-state index in [1.807, 2.05) is 24.3 Å². The molecule has 0 atom stereocenters. The molecule has 0 saturated carbocycles. The number of rotatable bonds is 9. The third-order valence-electron chi connectivity index (χ3n) is 5.02. The van der Waals surface area contributed by atoms with Crippen molar-refractivity contribution in [3.63, 3.8) is 0 Å². The first kappa shape index (κ1) is 21.1. The van der Waals surface area contributed by atoms with Gasteiger partial charge in [0.25, 0.3) is 0 Å². The van der Waals surface area contributed by atoms with Crippen molar-refractivity contribution in [2.75, 3.05) is 46.1 Å². The van der Waals surface area contributed by atoms with E-state index in [0.29, 0.717) is 31.1 Å². The van der Waals surface area contributed by atoms with Gasteiger partial charge in [0.2, 0.25) is 0 Å². The van der Waals surface area contributed by atoms with Crippen LogP contribution in [-0.4, -0.2) is 77.0 Å². The van der Waals surface area contributed by atoms with Crippen molar-refractivity contribution in [2.24, 2.45) is 0 Å². The molecule has 1 saturated heterocycles. The number of phenols is 1. The highest BCUT2D eigenvalue weighted by Gasteiger charge is 2.12. The molecule has 0 bridgehead atoms. The second-order valence-electron chi connectivity index (χ2n) is 7.26. The fourth-order valence-electron chi connectivity index (χ4n) is 3.32. The summed E-state index contributed by atoms with van der Waals surface area (Å²) < 4.78 is 16.2. The number of nitrogens with zero attached hydrogens (tertiary/aromatic N) is 4. The first-order valence-corrected chi connectivity index (χ1v) is 10.4. The summed E-state index contributed by atoms with van der Waals surface area (Å²) in [4.78, 5) is 15.5. The van der Waals surface area contributed by atoms with Crippen molar-refractivity contribution in [1.82, 2.24) is 19.9 Å². The molecule has 9 heteroatoms. The van der Waals surface area contributed by atoms with Crippen molar-refractivity contribution in [2.45, 2.75) is 12.8 Å². The summed E-state index contributed by atoms with van der Waals surface area (Å²) in [6.07, 6.45) is 0.821. The molecule has 4 rings (SSSR count). The van der Waals surface area contributed by atoms with E-state index in [-0.39, 0.29) is 18.1 Å². The topological polar surface area (TPSA) is 98.9 Å². The number of aromatic nitrogens is 3. The average Bonchev–Trinajstić information content (AvgIpc) is 3.21. The Morgan fingerprint density at radius 1 is 1.06 bits per heavy atom. The lowest BCUT2D eigenvalue weighted by Crippen LogP contribution is -2.38. The minimum Gasteiger partial charge on any atom is -0.505 e. The Labute approximate surface area is 180 Å². The number of morpholine rings is 1. The van der Waals surface area contributed by atoms with Crippen molar-refractivity contribution in [3.8, 4) is 17.2 Å². The Morgan fingerprint density at radius 2 is 1.81 bits per heavy atom. The van der Waals surface area contributed by atoms with Crippen LogP contribution < -0.4 is 4.74 Å². The van der Waals surface area contributed by atoms with Gasteiger partial charge in [-0.1, -0.05) is 12.1 Å². The van der Waals surface area contributed by atoms with Crippen molar-refractivity contribution in [1.29, 1.82) is 0 Å². The Kier molecular flexibility index (Phi) is 6.96. The third-order valence-corrected chi connectivity index (χ3v) is 5.02. The van der Waals surface area contributed by atoms with E-state index in [4.69, 9.17) is 14.2 Å². The molecule has 0 spiro atoms. The molecule has 0 unspecified atom stereocenters. The Hall–Kier alpha value is -3.17. The van der Waals surface area contributed by atoms with Crippen LogP contribution in [0.5, 0.6) is 11.5 Å². The van der Waals surface area contributed by atoms with Crippen LogP contribution in [0.3, 0.4) is 0 Å². The maximum Gasteiger partial charge on any atom is 0.305 e. The maximum atomic E-state index is 11.8. The number of aromatic hydroxyl groups is 1. The van der Waals surface area contributed by atoms with Gasteiger partial charge in [-0.3, -0.25) is 9.69 Å². The van der Waals surface area contributed by atoms with E-state index in [9.17, 15) is 9.90 Å². The predicted molar refractivity (Wildman–Crippen MR) is 113 cm³/mol. The molecule has 1 fully saturated rings. The number of carbonyl (C=O) groups excluding carboxylic acids is 1. The zero-order valence-corrected chi connectivity index (χ0v) is 17.3. The van der Waals surface area contributed by atoms with Gasteiger partial charge in [0.15, 0.2) is 0 Å². The van der Waals surface area contributed by atoms with Gasteiger partial charge in [0.05, 0.1) is 19.8 Å². The summed E-state index contributed by atoms with van der Waals surface area (Å²) in [6, 6.07) is 12.5. The van der Waals surface area contributed by atoms with Gasteiger partial charge in [0.1, 0.15) is 34.8 Å². The van der Waals surface area contributed by atoms with Crippen molar-refractivity contribution < 1.29 is 24.1 Å². The molecule has 1 aliphatic rings. The molecule has 9 nitrogen and oxygen atoms in total. The minimum atomic E-state index is -0.230. The monoisotopic (exact) mass is 426 g/mol. The van der Waals surface area contributed by atoms with Crippen LogP contribution in [-0.2, 0) is 14.3 Å². The van der Waals surface area contributed by atoms with Crippen LogP contribution in [0, 0.1) is 0 Å². The van der Waals surface area contributed by atoms with Gasteiger partial charge in [0, 0.05) is 32.1 Å². The molecule has 164 valence electrons. The van der Waals surface area contributed by atoms with Crippen molar-refractivity contribution >= 4 is 17.0 Å². The summed E-state index contributed by atoms with van der Waals surface area (Å²) >= 11 is 0. The number of fused-ring (bicyclic) bond motifs is 1. The largest absolute Gasteiger partial charge is 0.505 e. The van der Waals surface area contributed by atoms with Crippen LogP contribution in [0.1, 0.15) is 12.8 Å². The highest BCUT2D eigenvalue weighted by atomic mass is 16.5. The molecule has 2 aromatic carbocycles. The summed E-state index contributed by atoms with van der Waals surface area (Å²) in [6.45, 7) is 4.70. The van der Waals surface area contributed by atoms with Gasteiger partial charge in [-0.15, -0.1) is 15.0 Å². The van der Waals surface area contributed by atoms with Gasteiger partial charge in [-0.2, -0.15) is 0 Å².